The van der Waals surface area contributed by atoms with E-state index < -0.39 is 23.6 Å². The van der Waals surface area contributed by atoms with Crippen LogP contribution in [0.15, 0.2) is 12.1 Å². The second kappa shape index (κ2) is 5.34. The molecule has 0 saturated carbocycles. The molecule has 0 aliphatic rings. The van der Waals surface area contributed by atoms with Gasteiger partial charge >= 0.3 is 0 Å². The van der Waals surface area contributed by atoms with Crippen molar-refractivity contribution in [3.05, 3.63) is 35.1 Å². The second-order valence-electron chi connectivity index (χ2n) is 4.00. The van der Waals surface area contributed by atoms with Gasteiger partial charge < -0.3 is 5.11 Å². The first kappa shape index (κ1) is 13.0. The van der Waals surface area contributed by atoms with Crippen LogP contribution >= 0.6 is 0 Å². The Bertz CT molecular complexity index is 366. The minimum absolute atomic E-state index is 0.181. The maximum absolute atomic E-state index is 13.3. The van der Waals surface area contributed by atoms with Crippen LogP contribution in [0.5, 0.6) is 0 Å². The fourth-order valence-corrected chi connectivity index (χ4v) is 1.68. The molecule has 0 radical (unpaired) electrons. The molecular weight excluding hydrogens is 217 g/mol. The van der Waals surface area contributed by atoms with Gasteiger partial charge in [0.1, 0.15) is 5.82 Å². The summed E-state index contributed by atoms with van der Waals surface area (Å²) in [4.78, 5) is 0. The predicted octanol–water partition coefficient (Wildman–Crippen LogP) is 3.57. The summed E-state index contributed by atoms with van der Waals surface area (Å²) in [5.74, 6) is -3.48. The van der Waals surface area contributed by atoms with E-state index in [2.05, 4.69) is 0 Å². The zero-order chi connectivity index (χ0) is 12.3. The molecule has 1 nitrogen and oxygen atoms in total. The Hall–Kier alpha value is -1.03. The molecule has 0 aromatic heterocycles. The van der Waals surface area contributed by atoms with Crippen molar-refractivity contribution in [2.75, 3.05) is 0 Å². The van der Waals surface area contributed by atoms with Crippen molar-refractivity contribution in [1.82, 2.24) is 0 Å². The van der Waals surface area contributed by atoms with Gasteiger partial charge in [-0.05, 0) is 18.4 Å². The molecule has 90 valence electrons. The number of hydrogen-bond donors (Lipinski definition) is 1. The molecule has 1 aromatic carbocycles. The highest BCUT2D eigenvalue weighted by Gasteiger charge is 2.21. The van der Waals surface area contributed by atoms with Crippen LogP contribution in [-0.2, 0) is 0 Å². The van der Waals surface area contributed by atoms with Crippen LogP contribution in [0.1, 0.15) is 38.4 Å². The van der Waals surface area contributed by atoms with Crippen molar-refractivity contribution in [1.29, 1.82) is 0 Å². The predicted molar refractivity (Wildman–Crippen MR) is 55.3 cm³/mol. The molecule has 0 aliphatic heterocycles. The van der Waals surface area contributed by atoms with Gasteiger partial charge in [0, 0.05) is 11.6 Å². The standard InChI is InChI=1S/C12H15F3O/c1-3-4-7(2)12(16)8-5-10(14)11(15)6-9(8)13/h5-7,12,16H,3-4H2,1-2H3. The third kappa shape index (κ3) is 2.76. The largest absolute Gasteiger partial charge is 0.388 e. The number of aliphatic hydroxyl groups excluding tert-OH is 1. The van der Waals surface area contributed by atoms with Crippen LogP contribution in [-0.4, -0.2) is 5.11 Å². The van der Waals surface area contributed by atoms with Gasteiger partial charge in [-0.15, -0.1) is 0 Å². The fourth-order valence-electron chi connectivity index (χ4n) is 1.68. The Morgan fingerprint density at radius 1 is 1.12 bits per heavy atom. The van der Waals surface area contributed by atoms with Crippen molar-refractivity contribution >= 4 is 0 Å². The Kier molecular flexibility index (Phi) is 4.35. The summed E-state index contributed by atoms with van der Waals surface area (Å²) >= 11 is 0. The summed E-state index contributed by atoms with van der Waals surface area (Å²) < 4.78 is 38.9. The molecule has 1 aromatic rings. The Labute approximate surface area is 92.9 Å². The summed E-state index contributed by atoms with van der Waals surface area (Å²) in [6.45, 7) is 3.68. The Morgan fingerprint density at radius 2 is 1.69 bits per heavy atom. The third-order valence-electron chi connectivity index (χ3n) is 2.64. The maximum Gasteiger partial charge on any atom is 0.161 e. The van der Waals surface area contributed by atoms with Crippen molar-refractivity contribution in [2.45, 2.75) is 32.8 Å². The van der Waals surface area contributed by atoms with E-state index in [4.69, 9.17) is 0 Å². The van der Waals surface area contributed by atoms with E-state index in [-0.39, 0.29) is 11.5 Å². The molecule has 2 atom stereocenters. The van der Waals surface area contributed by atoms with Gasteiger partial charge in [0.25, 0.3) is 0 Å². The van der Waals surface area contributed by atoms with Crippen LogP contribution in [0.4, 0.5) is 13.2 Å². The first-order chi connectivity index (χ1) is 7.47. The highest BCUT2D eigenvalue weighted by molar-refractivity contribution is 5.22. The lowest BCUT2D eigenvalue weighted by molar-refractivity contribution is 0.108. The van der Waals surface area contributed by atoms with Crippen molar-refractivity contribution in [2.24, 2.45) is 5.92 Å². The number of rotatable bonds is 4. The molecule has 1 rings (SSSR count). The van der Waals surface area contributed by atoms with Crippen LogP contribution in [0.2, 0.25) is 0 Å². The normalized spacial score (nSPS) is 14.9. The summed E-state index contributed by atoms with van der Waals surface area (Å²) in [6.07, 6.45) is 0.429. The molecular formula is C12H15F3O. The van der Waals surface area contributed by atoms with Crippen molar-refractivity contribution in [3.63, 3.8) is 0 Å². The first-order valence-electron chi connectivity index (χ1n) is 5.29. The molecule has 0 aliphatic carbocycles. The minimum Gasteiger partial charge on any atom is -0.388 e. The van der Waals surface area contributed by atoms with Crippen LogP contribution in [0.25, 0.3) is 0 Å². The van der Waals surface area contributed by atoms with Gasteiger partial charge in [-0.1, -0.05) is 20.3 Å². The van der Waals surface area contributed by atoms with Gasteiger partial charge in [0.15, 0.2) is 11.6 Å². The van der Waals surface area contributed by atoms with Crippen molar-refractivity contribution < 1.29 is 18.3 Å². The third-order valence-corrected chi connectivity index (χ3v) is 2.64. The second-order valence-corrected chi connectivity index (χ2v) is 4.00. The SMILES string of the molecule is CCCC(C)C(O)c1cc(F)c(F)cc1F. The van der Waals surface area contributed by atoms with E-state index >= 15 is 0 Å². The van der Waals surface area contributed by atoms with Gasteiger partial charge in [-0.25, -0.2) is 13.2 Å². The molecule has 0 fully saturated rings. The molecule has 1 N–H and O–H groups in total. The van der Waals surface area contributed by atoms with E-state index in [0.717, 1.165) is 12.5 Å². The molecule has 0 saturated heterocycles. The molecule has 0 amide bonds. The van der Waals surface area contributed by atoms with Crippen LogP contribution < -0.4 is 0 Å². The smallest absolute Gasteiger partial charge is 0.161 e. The zero-order valence-electron chi connectivity index (χ0n) is 9.30. The molecule has 16 heavy (non-hydrogen) atoms. The summed E-state index contributed by atoms with van der Waals surface area (Å²) in [7, 11) is 0. The lowest BCUT2D eigenvalue weighted by Gasteiger charge is -2.19. The van der Waals surface area contributed by atoms with Gasteiger partial charge in [-0.2, -0.15) is 0 Å². The number of halogens is 3. The van der Waals surface area contributed by atoms with E-state index in [1.807, 2.05) is 6.92 Å². The minimum atomic E-state index is -1.24. The summed E-state index contributed by atoms with van der Waals surface area (Å²) in [5, 5.41) is 9.79. The van der Waals surface area contributed by atoms with E-state index in [0.29, 0.717) is 12.5 Å². The molecule has 4 heteroatoms. The van der Waals surface area contributed by atoms with Crippen molar-refractivity contribution in [3.8, 4) is 0 Å². The highest BCUT2D eigenvalue weighted by Crippen LogP contribution is 2.28. The van der Waals surface area contributed by atoms with E-state index in [1.165, 1.54) is 0 Å². The summed E-state index contributed by atoms with van der Waals surface area (Å²) in [6, 6.07) is 1.19. The Morgan fingerprint density at radius 3 is 2.25 bits per heavy atom. The average Bonchev–Trinajstić information content (AvgIpc) is 2.23. The Balaban J connectivity index is 2.99. The maximum atomic E-state index is 13.3. The average molecular weight is 232 g/mol. The first-order valence-corrected chi connectivity index (χ1v) is 5.29. The summed E-state index contributed by atoms with van der Waals surface area (Å²) in [5.41, 5.74) is -0.181. The quantitative estimate of drug-likeness (QED) is 0.787. The fraction of sp³-hybridized carbons (Fsp3) is 0.500. The van der Waals surface area contributed by atoms with Gasteiger partial charge in [0.05, 0.1) is 6.10 Å². The monoisotopic (exact) mass is 232 g/mol. The van der Waals surface area contributed by atoms with Gasteiger partial charge in [-0.3, -0.25) is 0 Å². The van der Waals surface area contributed by atoms with Gasteiger partial charge in [0.2, 0.25) is 0 Å². The van der Waals surface area contributed by atoms with Crippen LogP contribution in [0.3, 0.4) is 0 Å². The molecule has 2 unspecified atom stereocenters. The number of hydrogen-bond acceptors (Lipinski definition) is 1. The molecule has 0 spiro atoms. The number of benzene rings is 1. The highest BCUT2D eigenvalue weighted by atomic mass is 19.2. The van der Waals surface area contributed by atoms with Crippen LogP contribution in [0, 0.1) is 23.4 Å². The van der Waals surface area contributed by atoms with E-state index in [1.54, 1.807) is 6.92 Å². The lowest BCUT2D eigenvalue weighted by Crippen LogP contribution is -2.11. The number of aliphatic hydroxyl groups is 1. The zero-order valence-corrected chi connectivity index (χ0v) is 9.30. The molecule has 0 heterocycles. The molecule has 0 bridgehead atoms. The topological polar surface area (TPSA) is 20.2 Å². The van der Waals surface area contributed by atoms with E-state index in [9.17, 15) is 18.3 Å². The lowest BCUT2D eigenvalue weighted by atomic mass is 9.93.